The average Bonchev–Trinajstić information content (AvgIpc) is 2.92. The van der Waals surface area contributed by atoms with Gasteiger partial charge in [0.15, 0.2) is 0 Å². The standard InChI is InChI=1S/C11H17ClN2OS/c12-9-5-7-16-11(9)10(14-13)4-3-8-2-1-6-15-8/h5,7-8,10,14H,1-4,6,13H2. The van der Waals surface area contributed by atoms with Crippen LogP contribution in [0.5, 0.6) is 0 Å². The molecule has 3 nitrogen and oxygen atoms in total. The summed E-state index contributed by atoms with van der Waals surface area (Å²) in [7, 11) is 0. The first-order valence-corrected chi connectivity index (χ1v) is 6.87. The van der Waals surface area contributed by atoms with E-state index in [1.165, 1.54) is 12.8 Å². The molecule has 0 aromatic carbocycles. The first-order valence-electron chi connectivity index (χ1n) is 5.62. The summed E-state index contributed by atoms with van der Waals surface area (Å²) >= 11 is 7.74. The van der Waals surface area contributed by atoms with E-state index in [9.17, 15) is 0 Å². The largest absolute Gasteiger partial charge is 0.378 e. The summed E-state index contributed by atoms with van der Waals surface area (Å²) in [5.74, 6) is 5.57. The van der Waals surface area contributed by atoms with Gasteiger partial charge in [-0.3, -0.25) is 11.3 Å². The molecule has 5 heteroatoms. The molecule has 2 atom stereocenters. The van der Waals surface area contributed by atoms with E-state index < -0.39 is 0 Å². The van der Waals surface area contributed by atoms with Gasteiger partial charge in [0.1, 0.15) is 0 Å². The minimum Gasteiger partial charge on any atom is -0.378 e. The normalized spacial score (nSPS) is 22.5. The van der Waals surface area contributed by atoms with Crippen molar-refractivity contribution in [3.63, 3.8) is 0 Å². The van der Waals surface area contributed by atoms with Crippen molar-refractivity contribution in [3.05, 3.63) is 21.3 Å². The third-order valence-electron chi connectivity index (χ3n) is 2.96. The highest BCUT2D eigenvalue weighted by Gasteiger charge is 2.20. The van der Waals surface area contributed by atoms with Gasteiger partial charge in [0.05, 0.1) is 17.2 Å². The Morgan fingerprint density at radius 3 is 3.12 bits per heavy atom. The smallest absolute Gasteiger partial charge is 0.0576 e. The Hall–Kier alpha value is -0.130. The predicted molar refractivity (Wildman–Crippen MR) is 67.6 cm³/mol. The average molecular weight is 261 g/mol. The van der Waals surface area contributed by atoms with Gasteiger partial charge in [-0.05, 0) is 37.1 Å². The molecule has 0 radical (unpaired) electrons. The Morgan fingerprint density at radius 1 is 1.69 bits per heavy atom. The van der Waals surface area contributed by atoms with Crippen LogP contribution in [0, 0.1) is 0 Å². The zero-order valence-electron chi connectivity index (χ0n) is 9.12. The van der Waals surface area contributed by atoms with Gasteiger partial charge in [-0.1, -0.05) is 11.6 Å². The zero-order chi connectivity index (χ0) is 11.4. The van der Waals surface area contributed by atoms with Gasteiger partial charge in [-0.2, -0.15) is 0 Å². The van der Waals surface area contributed by atoms with Crippen LogP contribution in [0.4, 0.5) is 0 Å². The maximum absolute atomic E-state index is 6.09. The summed E-state index contributed by atoms with van der Waals surface area (Å²) in [6.07, 6.45) is 4.79. The summed E-state index contributed by atoms with van der Waals surface area (Å²) in [5.41, 5.74) is 2.84. The molecule has 2 unspecified atom stereocenters. The summed E-state index contributed by atoms with van der Waals surface area (Å²) in [5, 5.41) is 2.80. The first kappa shape index (κ1) is 12.3. The molecule has 0 bridgehead atoms. The van der Waals surface area contributed by atoms with Crippen molar-refractivity contribution in [2.45, 2.75) is 37.8 Å². The van der Waals surface area contributed by atoms with E-state index >= 15 is 0 Å². The number of thiophene rings is 1. The van der Waals surface area contributed by atoms with Crippen molar-refractivity contribution < 1.29 is 4.74 Å². The van der Waals surface area contributed by atoms with Crippen molar-refractivity contribution >= 4 is 22.9 Å². The number of nitrogens with one attached hydrogen (secondary N) is 1. The van der Waals surface area contributed by atoms with Crippen LogP contribution >= 0.6 is 22.9 Å². The van der Waals surface area contributed by atoms with Crippen molar-refractivity contribution in [1.82, 2.24) is 5.43 Å². The lowest BCUT2D eigenvalue weighted by molar-refractivity contribution is 0.0997. The third kappa shape index (κ3) is 2.96. The van der Waals surface area contributed by atoms with Gasteiger partial charge < -0.3 is 4.74 Å². The third-order valence-corrected chi connectivity index (χ3v) is 4.44. The molecule has 2 rings (SSSR count). The molecule has 0 spiro atoms. The highest BCUT2D eigenvalue weighted by molar-refractivity contribution is 7.10. The number of hydrazine groups is 1. The predicted octanol–water partition coefficient (Wildman–Crippen LogP) is 2.87. The highest BCUT2D eigenvalue weighted by Crippen LogP contribution is 2.32. The number of hydrogen-bond acceptors (Lipinski definition) is 4. The van der Waals surface area contributed by atoms with E-state index in [1.807, 2.05) is 11.4 Å². The Kier molecular flexibility index (Phi) is 4.61. The lowest BCUT2D eigenvalue weighted by Gasteiger charge is -2.17. The van der Waals surface area contributed by atoms with Crippen LogP contribution in [0.3, 0.4) is 0 Å². The van der Waals surface area contributed by atoms with Crippen LogP contribution in [0.2, 0.25) is 5.02 Å². The molecule has 0 amide bonds. The molecule has 2 heterocycles. The summed E-state index contributed by atoms with van der Waals surface area (Å²) < 4.78 is 5.60. The van der Waals surface area contributed by atoms with Crippen LogP contribution in [0.15, 0.2) is 11.4 Å². The van der Waals surface area contributed by atoms with E-state index in [4.69, 9.17) is 22.2 Å². The fourth-order valence-electron chi connectivity index (χ4n) is 2.07. The molecule has 3 N–H and O–H groups in total. The molecule has 1 aliphatic rings. The maximum atomic E-state index is 6.09. The monoisotopic (exact) mass is 260 g/mol. The van der Waals surface area contributed by atoms with Crippen LogP contribution in [0.1, 0.15) is 36.6 Å². The van der Waals surface area contributed by atoms with Gasteiger partial charge in [0, 0.05) is 11.5 Å². The molecule has 90 valence electrons. The highest BCUT2D eigenvalue weighted by atomic mass is 35.5. The summed E-state index contributed by atoms with van der Waals surface area (Å²) in [4.78, 5) is 1.13. The van der Waals surface area contributed by atoms with Crippen molar-refractivity contribution in [2.24, 2.45) is 5.84 Å². The number of rotatable bonds is 5. The molecule has 1 fully saturated rings. The molecular formula is C11H17ClN2OS. The number of ether oxygens (including phenoxy) is 1. The number of halogens is 1. The fourth-order valence-corrected chi connectivity index (χ4v) is 3.35. The van der Waals surface area contributed by atoms with Gasteiger partial charge in [-0.15, -0.1) is 11.3 Å². The van der Waals surface area contributed by atoms with E-state index in [0.29, 0.717) is 6.10 Å². The Balaban J connectivity index is 1.88. The molecule has 1 aromatic rings. The van der Waals surface area contributed by atoms with Crippen LogP contribution in [0.25, 0.3) is 0 Å². The Bertz CT molecular complexity index is 326. The molecule has 1 aliphatic heterocycles. The summed E-state index contributed by atoms with van der Waals surface area (Å²) in [6.45, 7) is 0.908. The van der Waals surface area contributed by atoms with Gasteiger partial charge in [0.25, 0.3) is 0 Å². The minimum atomic E-state index is 0.150. The van der Waals surface area contributed by atoms with Crippen LogP contribution in [-0.2, 0) is 4.74 Å². The van der Waals surface area contributed by atoms with Gasteiger partial charge in [0.2, 0.25) is 0 Å². The minimum absolute atomic E-state index is 0.150. The fraction of sp³-hybridized carbons (Fsp3) is 0.636. The van der Waals surface area contributed by atoms with Crippen molar-refractivity contribution in [2.75, 3.05) is 6.61 Å². The molecule has 0 saturated carbocycles. The quantitative estimate of drug-likeness (QED) is 0.632. The van der Waals surface area contributed by atoms with E-state index in [0.717, 1.165) is 29.3 Å². The molecule has 0 aliphatic carbocycles. The van der Waals surface area contributed by atoms with Crippen molar-refractivity contribution in [1.29, 1.82) is 0 Å². The lowest BCUT2D eigenvalue weighted by Crippen LogP contribution is -2.28. The van der Waals surface area contributed by atoms with E-state index in [-0.39, 0.29) is 6.04 Å². The summed E-state index contributed by atoms with van der Waals surface area (Å²) in [6, 6.07) is 2.06. The van der Waals surface area contributed by atoms with Gasteiger partial charge in [-0.25, -0.2) is 0 Å². The van der Waals surface area contributed by atoms with Crippen LogP contribution in [-0.4, -0.2) is 12.7 Å². The van der Waals surface area contributed by atoms with Crippen molar-refractivity contribution in [3.8, 4) is 0 Å². The van der Waals surface area contributed by atoms with Gasteiger partial charge >= 0.3 is 0 Å². The van der Waals surface area contributed by atoms with Crippen LogP contribution < -0.4 is 11.3 Å². The van der Waals surface area contributed by atoms with E-state index in [1.54, 1.807) is 11.3 Å². The van der Waals surface area contributed by atoms with E-state index in [2.05, 4.69) is 5.43 Å². The number of hydrogen-bond donors (Lipinski definition) is 2. The molecule has 1 aromatic heterocycles. The molecular weight excluding hydrogens is 244 g/mol. The second-order valence-corrected chi connectivity index (χ2v) is 5.42. The first-order chi connectivity index (χ1) is 7.81. The topological polar surface area (TPSA) is 47.3 Å². The second-order valence-electron chi connectivity index (χ2n) is 4.06. The second kappa shape index (κ2) is 5.98. The number of nitrogens with two attached hydrogens (primary N) is 1. The molecule has 1 saturated heterocycles. The zero-order valence-corrected chi connectivity index (χ0v) is 10.7. The maximum Gasteiger partial charge on any atom is 0.0576 e. The Labute approximate surface area is 105 Å². The molecule has 16 heavy (non-hydrogen) atoms. The lowest BCUT2D eigenvalue weighted by atomic mass is 10.1. The SMILES string of the molecule is NNC(CCC1CCCO1)c1sccc1Cl. The Morgan fingerprint density at radius 2 is 2.56 bits per heavy atom.